The standard InChI is InChI=1S/C18H21N3O3/c1-2-5-13-10-15(20-19-13)18(24)21-9-8-12-6-3-4-7-14(12)16(21)11-17(22)23/h3-4,6-7,10,16H,2,5,8-9,11H2,1H3,(H,19,20)(H,22,23)/t16-/m0/s1. The van der Waals surface area contributed by atoms with Crippen LogP contribution < -0.4 is 0 Å². The zero-order chi connectivity index (χ0) is 17.1. The van der Waals surface area contributed by atoms with Crippen molar-refractivity contribution in [1.29, 1.82) is 0 Å². The molecule has 1 aliphatic rings. The van der Waals surface area contributed by atoms with E-state index in [1.54, 1.807) is 11.0 Å². The summed E-state index contributed by atoms with van der Waals surface area (Å²) in [5.74, 6) is -1.13. The van der Waals surface area contributed by atoms with E-state index in [9.17, 15) is 14.7 Å². The van der Waals surface area contributed by atoms with Crippen molar-refractivity contribution in [2.24, 2.45) is 0 Å². The minimum absolute atomic E-state index is 0.102. The molecule has 0 spiro atoms. The Kier molecular flexibility index (Phi) is 4.64. The quantitative estimate of drug-likeness (QED) is 0.884. The van der Waals surface area contributed by atoms with E-state index in [0.29, 0.717) is 12.2 Å². The molecule has 1 aromatic heterocycles. The number of carboxylic acids is 1. The zero-order valence-electron chi connectivity index (χ0n) is 13.7. The zero-order valence-corrected chi connectivity index (χ0v) is 13.7. The van der Waals surface area contributed by atoms with Crippen LogP contribution in [0.1, 0.15) is 53.1 Å². The van der Waals surface area contributed by atoms with E-state index >= 15 is 0 Å². The van der Waals surface area contributed by atoms with Crippen LogP contribution in [0.5, 0.6) is 0 Å². The lowest BCUT2D eigenvalue weighted by Crippen LogP contribution is -2.41. The Balaban J connectivity index is 1.90. The highest BCUT2D eigenvalue weighted by atomic mass is 16.4. The Morgan fingerprint density at radius 1 is 1.38 bits per heavy atom. The first-order valence-electron chi connectivity index (χ1n) is 8.25. The average molecular weight is 327 g/mol. The Morgan fingerprint density at radius 2 is 2.17 bits per heavy atom. The maximum atomic E-state index is 12.9. The van der Waals surface area contributed by atoms with Crippen LogP contribution in [0.3, 0.4) is 0 Å². The predicted molar refractivity (Wildman–Crippen MR) is 88.8 cm³/mol. The number of nitrogens with one attached hydrogen (secondary N) is 1. The largest absolute Gasteiger partial charge is 0.481 e. The van der Waals surface area contributed by atoms with Gasteiger partial charge in [-0.1, -0.05) is 37.6 Å². The summed E-state index contributed by atoms with van der Waals surface area (Å²) in [6.07, 6.45) is 2.43. The number of rotatable bonds is 5. The number of aryl methyl sites for hydroxylation is 1. The lowest BCUT2D eigenvalue weighted by atomic mass is 9.90. The molecular formula is C18H21N3O3. The van der Waals surface area contributed by atoms with Gasteiger partial charge in [0.25, 0.3) is 5.91 Å². The molecule has 0 unspecified atom stereocenters. The number of hydrogen-bond acceptors (Lipinski definition) is 3. The van der Waals surface area contributed by atoms with Crippen molar-refractivity contribution < 1.29 is 14.7 Å². The van der Waals surface area contributed by atoms with E-state index in [-0.39, 0.29) is 12.3 Å². The van der Waals surface area contributed by atoms with Crippen LogP contribution >= 0.6 is 0 Å². The number of H-pyrrole nitrogens is 1. The van der Waals surface area contributed by atoms with Crippen molar-refractivity contribution in [2.75, 3.05) is 6.54 Å². The molecule has 2 heterocycles. The number of nitrogens with zero attached hydrogens (tertiary/aromatic N) is 2. The maximum Gasteiger partial charge on any atom is 0.305 e. The van der Waals surface area contributed by atoms with Gasteiger partial charge in [0.2, 0.25) is 0 Å². The molecule has 6 heteroatoms. The molecular weight excluding hydrogens is 306 g/mol. The third-order valence-electron chi connectivity index (χ3n) is 4.41. The van der Waals surface area contributed by atoms with Gasteiger partial charge in [-0.15, -0.1) is 0 Å². The third-order valence-corrected chi connectivity index (χ3v) is 4.41. The smallest absolute Gasteiger partial charge is 0.305 e. The highest BCUT2D eigenvalue weighted by Gasteiger charge is 2.33. The third kappa shape index (κ3) is 3.18. The number of amides is 1. The summed E-state index contributed by atoms with van der Waals surface area (Å²) in [6, 6.07) is 9.06. The highest BCUT2D eigenvalue weighted by molar-refractivity contribution is 5.93. The molecule has 6 nitrogen and oxygen atoms in total. The summed E-state index contributed by atoms with van der Waals surface area (Å²) in [7, 11) is 0. The number of carbonyl (C=O) groups excluding carboxylic acids is 1. The molecule has 1 aromatic carbocycles. The van der Waals surface area contributed by atoms with Crippen molar-refractivity contribution in [2.45, 2.75) is 38.6 Å². The molecule has 24 heavy (non-hydrogen) atoms. The second kappa shape index (κ2) is 6.86. The molecule has 3 rings (SSSR count). The summed E-state index contributed by atoms with van der Waals surface area (Å²) >= 11 is 0. The van der Waals surface area contributed by atoms with Gasteiger partial charge in [0.15, 0.2) is 0 Å². The Labute approximate surface area is 140 Å². The summed E-state index contributed by atoms with van der Waals surface area (Å²) in [5.41, 5.74) is 3.31. The number of fused-ring (bicyclic) bond motifs is 1. The van der Waals surface area contributed by atoms with Crippen LogP contribution in [-0.2, 0) is 17.6 Å². The van der Waals surface area contributed by atoms with E-state index in [0.717, 1.165) is 36.1 Å². The maximum absolute atomic E-state index is 12.9. The van der Waals surface area contributed by atoms with Crippen LogP contribution in [-0.4, -0.2) is 38.6 Å². The molecule has 0 bridgehead atoms. The van der Waals surface area contributed by atoms with Crippen molar-refractivity contribution in [3.63, 3.8) is 0 Å². The molecule has 0 aliphatic carbocycles. The fourth-order valence-corrected chi connectivity index (χ4v) is 3.30. The van der Waals surface area contributed by atoms with Gasteiger partial charge in [-0.25, -0.2) is 0 Å². The molecule has 2 N–H and O–H groups in total. The fraction of sp³-hybridized carbons (Fsp3) is 0.389. The SMILES string of the molecule is CCCc1cc(C(=O)N2CCc3ccccc3[C@@H]2CC(=O)O)n[nH]1. The molecule has 0 radical (unpaired) electrons. The molecule has 0 saturated carbocycles. The molecule has 0 fully saturated rings. The van der Waals surface area contributed by atoms with Gasteiger partial charge in [-0.05, 0) is 30.0 Å². The number of aromatic amines is 1. The van der Waals surface area contributed by atoms with Crippen LogP contribution in [0.4, 0.5) is 0 Å². The number of carbonyl (C=O) groups is 2. The number of carboxylic acid groups (broad SMARTS) is 1. The van der Waals surface area contributed by atoms with E-state index in [2.05, 4.69) is 17.1 Å². The van der Waals surface area contributed by atoms with E-state index in [1.807, 2.05) is 24.3 Å². The summed E-state index contributed by atoms with van der Waals surface area (Å²) in [4.78, 5) is 25.8. The normalized spacial score (nSPS) is 16.7. The van der Waals surface area contributed by atoms with E-state index < -0.39 is 12.0 Å². The summed E-state index contributed by atoms with van der Waals surface area (Å²) in [6.45, 7) is 2.57. The number of benzene rings is 1. The van der Waals surface area contributed by atoms with Gasteiger partial charge >= 0.3 is 5.97 Å². The summed E-state index contributed by atoms with van der Waals surface area (Å²) < 4.78 is 0. The molecule has 0 saturated heterocycles. The van der Waals surface area contributed by atoms with E-state index in [4.69, 9.17) is 0 Å². The molecule has 1 amide bonds. The topological polar surface area (TPSA) is 86.3 Å². The Hall–Kier alpha value is -2.63. The number of aromatic nitrogens is 2. The minimum Gasteiger partial charge on any atom is -0.481 e. The van der Waals surface area contributed by atoms with Gasteiger partial charge in [0.05, 0.1) is 12.5 Å². The van der Waals surface area contributed by atoms with Crippen LogP contribution in [0, 0.1) is 0 Å². The van der Waals surface area contributed by atoms with Crippen LogP contribution in [0.25, 0.3) is 0 Å². The Bertz CT molecular complexity index is 753. The lowest BCUT2D eigenvalue weighted by Gasteiger charge is -2.36. The second-order valence-corrected chi connectivity index (χ2v) is 6.09. The molecule has 126 valence electrons. The number of aliphatic carboxylic acids is 1. The van der Waals surface area contributed by atoms with Crippen LogP contribution in [0.2, 0.25) is 0 Å². The van der Waals surface area contributed by atoms with Gasteiger partial charge in [0, 0.05) is 12.2 Å². The first-order valence-corrected chi connectivity index (χ1v) is 8.25. The highest BCUT2D eigenvalue weighted by Crippen LogP contribution is 2.33. The van der Waals surface area contributed by atoms with E-state index in [1.165, 1.54) is 0 Å². The fourth-order valence-electron chi connectivity index (χ4n) is 3.30. The lowest BCUT2D eigenvalue weighted by molar-refractivity contribution is -0.138. The van der Waals surface area contributed by atoms with Gasteiger partial charge in [-0.2, -0.15) is 5.10 Å². The molecule has 1 aliphatic heterocycles. The van der Waals surface area contributed by atoms with Crippen molar-refractivity contribution in [3.05, 3.63) is 52.8 Å². The minimum atomic E-state index is -0.914. The summed E-state index contributed by atoms with van der Waals surface area (Å²) in [5, 5.41) is 16.3. The van der Waals surface area contributed by atoms with Gasteiger partial charge < -0.3 is 10.0 Å². The molecule has 1 atom stereocenters. The van der Waals surface area contributed by atoms with Gasteiger partial charge in [0.1, 0.15) is 5.69 Å². The predicted octanol–water partition coefficient (Wildman–Crippen LogP) is 2.58. The second-order valence-electron chi connectivity index (χ2n) is 6.09. The number of hydrogen-bond donors (Lipinski definition) is 2. The monoisotopic (exact) mass is 327 g/mol. The Morgan fingerprint density at radius 3 is 2.92 bits per heavy atom. The molecule has 2 aromatic rings. The van der Waals surface area contributed by atoms with Crippen molar-refractivity contribution in [3.8, 4) is 0 Å². The van der Waals surface area contributed by atoms with Gasteiger partial charge in [-0.3, -0.25) is 14.7 Å². The van der Waals surface area contributed by atoms with Crippen molar-refractivity contribution in [1.82, 2.24) is 15.1 Å². The van der Waals surface area contributed by atoms with Crippen LogP contribution in [0.15, 0.2) is 30.3 Å². The van der Waals surface area contributed by atoms with Crippen molar-refractivity contribution >= 4 is 11.9 Å². The first-order chi connectivity index (χ1) is 11.6. The average Bonchev–Trinajstić information content (AvgIpc) is 3.03. The first kappa shape index (κ1) is 16.2.